The van der Waals surface area contributed by atoms with Crippen LogP contribution in [0.5, 0.6) is 0 Å². The van der Waals surface area contributed by atoms with Gasteiger partial charge in [0.2, 0.25) is 0 Å². The first kappa shape index (κ1) is 17.7. The normalized spacial score (nSPS) is 24.9. The zero-order chi connectivity index (χ0) is 14.0. The molecule has 1 atom stereocenters. The summed E-state index contributed by atoms with van der Waals surface area (Å²) >= 11 is 0. The first-order valence-electron chi connectivity index (χ1n) is 7.95. The van der Waals surface area contributed by atoms with Crippen molar-refractivity contribution in [3.63, 3.8) is 0 Å². The van der Waals surface area contributed by atoms with Crippen molar-refractivity contribution < 1.29 is 4.79 Å². The number of rotatable bonds is 5. The lowest BCUT2D eigenvalue weighted by Crippen LogP contribution is -2.08. The summed E-state index contributed by atoms with van der Waals surface area (Å²) in [4.78, 5) is 10.6. The Hall–Kier alpha value is -0.330. The van der Waals surface area contributed by atoms with E-state index in [0.29, 0.717) is 11.7 Å². The summed E-state index contributed by atoms with van der Waals surface area (Å²) in [6.07, 6.45) is 10.4. The fraction of sp³-hybridized carbons (Fsp3) is 0.941. The van der Waals surface area contributed by atoms with E-state index in [9.17, 15) is 4.79 Å². The molecule has 0 N–H and O–H groups in total. The lowest BCUT2D eigenvalue weighted by molar-refractivity contribution is -0.117. The molecule has 108 valence electrons. The number of carbonyl (C=O) groups is 1. The van der Waals surface area contributed by atoms with Crippen LogP contribution in [-0.4, -0.2) is 5.78 Å². The Morgan fingerprint density at radius 1 is 1.11 bits per heavy atom. The van der Waals surface area contributed by atoms with E-state index in [2.05, 4.69) is 27.7 Å². The molecule has 1 aliphatic carbocycles. The second-order valence-corrected chi connectivity index (χ2v) is 6.52. The maximum atomic E-state index is 10.6. The summed E-state index contributed by atoms with van der Waals surface area (Å²) in [5.74, 6) is 2.96. The molecule has 1 unspecified atom stereocenters. The first-order valence-corrected chi connectivity index (χ1v) is 7.95. The van der Waals surface area contributed by atoms with E-state index in [1.807, 2.05) is 0 Å². The van der Waals surface area contributed by atoms with Crippen LogP contribution >= 0.6 is 0 Å². The number of carbonyl (C=O) groups excluding carboxylic acids is 1. The first-order chi connectivity index (χ1) is 8.45. The monoisotopic (exact) mass is 254 g/mol. The third-order valence-corrected chi connectivity index (χ3v) is 3.99. The summed E-state index contributed by atoms with van der Waals surface area (Å²) < 4.78 is 0. The van der Waals surface area contributed by atoms with Crippen LogP contribution in [0.4, 0.5) is 0 Å². The second kappa shape index (κ2) is 10.6. The van der Waals surface area contributed by atoms with Crippen LogP contribution in [0.2, 0.25) is 0 Å². The fourth-order valence-electron chi connectivity index (χ4n) is 2.57. The van der Waals surface area contributed by atoms with Gasteiger partial charge in [-0.25, -0.2) is 0 Å². The van der Waals surface area contributed by atoms with Gasteiger partial charge in [-0.05, 0) is 24.7 Å². The third-order valence-electron chi connectivity index (χ3n) is 3.99. The van der Waals surface area contributed by atoms with Crippen molar-refractivity contribution in [1.82, 2.24) is 0 Å². The Balaban J connectivity index is 0.000000327. The zero-order valence-corrected chi connectivity index (χ0v) is 13.3. The van der Waals surface area contributed by atoms with E-state index < -0.39 is 0 Å². The van der Waals surface area contributed by atoms with Crippen LogP contribution in [0.15, 0.2) is 0 Å². The second-order valence-electron chi connectivity index (χ2n) is 6.52. The SMILES string of the molecule is CC1CCC(C)CC1.CCCCC(C)CC(C)=O. The number of hydrogen-bond donors (Lipinski definition) is 0. The summed E-state index contributed by atoms with van der Waals surface area (Å²) in [5, 5.41) is 0. The minimum absolute atomic E-state index is 0.323. The van der Waals surface area contributed by atoms with Crippen molar-refractivity contribution >= 4 is 5.78 Å². The number of hydrogen-bond acceptors (Lipinski definition) is 1. The predicted octanol–water partition coefficient (Wildman–Crippen LogP) is 5.62. The van der Waals surface area contributed by atoms with Crippen LogP contribution < -0.4 is 0 Å². The van der Waals surface area contributed by atoms with Crippen LogP contribution in [-0.2, 0) is 4.79 Å². The maximum Gasteiger partial charge on any atom is 0.130 e. The minimum Gasteiger partial charge on any atom is -0.300 e. The summed E-state index contributed by atoms with van der Waals surface area (Å²) in [6.45, 7) is 10.7. The Kier molecular flexibility index (Phi) is 10.4. The minimum atomic E-state index is 0.323. The van der Waals surface area contributed by atoms with E-state index in [-0.39, 0.29) is 0 Å². The van der Waals surface area contributed by atoms with Crippen molar-refractivity contribution in [3.8, 4) is 0 Å². The molecular formula is C17H34O. The summed E-state index contributed by atoms with van der Waals surface area (Å²) in [5.41, 5.74) is 0. The standard InChI is InChI=1S/C9H18O.C8H16/c1-4-5-6-8(2)7-9(3)10;1-7-3-5-8(2)6-4-7/h8H,4-7H2,1-3H3;7-8H,3-6H2,1-2H3. The highest BCUT2D eigenvalue weighted by molar-refractivity contribution is 5.75. The molecule has 0 heterocycles. The lowest BCUT2D eigenvalue weighted by atomic mass is 9.84. The highest BCUT2D eigenvalue weighted by Gasteiger charge is 2.13. The molecule has 0 aromatic carbocycles. The summed E-state index contributed by atoms with van der Waals surface area (Å²) in [7, 11) is 0. The average Bonchev–Trinajstić information content (AvgIpc) is 2.30. The highest BCUT2D eigenvalue weighted by Crippen LogP contribution is 2.27. The van der Waals surface area contributed by atoms with Crippen molar-refractivity contribution in [2.45, 2.75) is 86.0 Å². The molecule has 0 aromatic rings. The zero-order valence-electron chi connectivity index (χ0n) is 13.3. The van der Waals surface area contributed by atoms with Gasteiger partial charge in [-0.3, -0.25) is 0 Å². The molecular weight excluding hydrogens is 220 g/mol. The third kappa shape index (κ3) is 10.8. The van der Waals surface area contributed by atoms with Crippen molar-refractivity contribution in [3.05, 3.63) is 0 Å². The van der Waals surface area contributed by atoms with Gasteiger partial charge in [0.05, 0.1) is 0 Å². The van der Waals surface area contributed by atoms with E-state index in [1.165, 1.54) is 44.9 Å². The van der Waals surface area contributed by atoms with Crippen LogP contribution in [0.1, 0.15) is 86.0 Å². The molecule has 0 radical (unpaired) electrons. The molecule has 0 spiro atoms. The number of unbranched alkanes of at least 4 members (excludes halogenated alkanes) is 1. The molecule has 1 aliphatic rings. The van der Waals surface area contributed by atoms with Gasteiger partial charge < -0.3 is 4.79 Å². The molecule has 0 amide bonds. The Labute approximate surface area is 115 Å². The van der Waals surface area contributed by atoms with Crippen molar-refractivity contribution in [2.75, 3.05) is 0 Å². The van der Waals surface area contributed by atoms with Gasteiger partial charge in [-0.2, -0.15) is 0 Å². The fourth-order valence-corrected chi connectivity index (χ4v) is 2.57. The molecule has 1 saturated carbocycles. The molecule has 1 fully saturated rings. The van der Waals surface area contributed by atoms with Gasteiger partial charge >= 0.3 is 0 Å². The van der Waals surface area contributed by atoms with Crippen LogP contribution in [0, 0.1) is 17.8 Å². The number of ketones is 1. The average molecular weight is 254 g/mol. The van der Waals surface area contributed by atoms with E-state index in [0.717, 1.165) is 18.3 Å². The van der Waals surface area contributed by atoms with Gasteiger partial charge in [-0.1, -0.05) is 72.6 Å². The number of Topliss-reactive ketones (excluding diaryl/α,β-unsaturated/α-hetero) is 1. The largest absolute Gasteiger partial charge is 0.300 e. The molecule has 1 rings (SSSR count). The quantitative estimate of drug-likeness (QED) is 0.622. The van der Waals surface area contributed by atoms with Gasteiger partial charge in [0.1, 0.15) is 5.78 Å². The smallest absolute Gasteiger partial charge is 0.130 e. The van der Waals surface area contributed by atoms with Gasteiger partial charge in [0.25, 0.3) is 0 Å². The lowest BCUT2D eigenvalue weighted by Gasteiger charge is -2.22. The highest BCUT2D eigenvalue weighted by atomic mass is 16.1. The van der Waals surface area contributed by atoms with Crippen molar-refractivity contribution in [1.29, 1.82) is 0 Å². The molecule has 0 aliphatic heterocycles. The van der Waals surface area contributed by atoms with Gasteiger partial charge in [0.15, 0.2) is 0 Å². The Bertz CT molecular complexity index is 192. The van der Waals surface area contributed by atoms with Crippen LogP contribution in [0.25, 0.3) is 0 Å². The van der Waals surface area contributed by atoms with Gasteiger partial charge in [0, 0.05) is 6.42 Å². The molecule has 1 heteroatoms. The topological polar surface area (TPSA) is 17.1 Å². The molecule has 0 bridgehead atoms. The van der Waals surface area contributed by atoms with E-state index >= 15 is 0 Å². The van der Waals surface area contributed by atoms with E-state index in [4.69, 9.17) is 0 Å². The Morgan fingerprint density at radius 2 is 1.56 bits per heavy atom. The maximum absolute atomic E-state index is 10.6. The molecule has 1 nitrogen and oxygen atoms in total. The molecule has 0 aromatic heterocycles. The Morgan fingerprint density at radius 3 is 1.89 bits per heavy atom. The molecule has 0 saturated heterocycles. The van der Waals surface area contributed by atoms with Gasteiger partial charge in [-0.15, -0.1) is 0 Å². The van der Waals surface area contributed by atoms with Crippen molar-refractivity contribution in [2.24, 2.45) is 17.8 Å². The van der Waals surface area contributed by atoms with Crippen LogP contribution in [0.3, 0.4) is 0 Å². The molecule has 18 heavy (non-hydrogen) atoms. The van der Waals surface area contributed by atoms with E-state index in [1.54, 1.807) is 6.92 Å². The summed E-state index contributed by atoms with van der Waals surface area (Å²) in [6, 6.07) is 0. The predicted molar refractivity (Wildman–Crippen MR) is 80.8 cm³/mol.